The molecule has 3 rings (SSSR count). The average molecular weight is 389 g/mol. The maximum absolute atomic E-state index is 13.5. The zero-order valence-corrected chi connectivity index (χ0v) is 14.1. The molecule has 0 aliphatic rings. The SMILES string of the molecule is Nc1nccnc1C(=O)Nc1cnn(C(C[N+](=O)[O-])c2ccc(F)c(F)c2)c1. The van der Waals surface area contributed by atoms with Gasteiger partial charge in [-0.3, -0.25) is 19.6 Å². The molecule has 0 radical (unpaired) electrons. The molecule has 1 amide bonds. The smallest absolute Gasteiger partial charge is 0.278 e. The molecule has 3 aromatic rings. The highest BCUT2D eigenvalue weighted by molar-refractivity contribution is 6.05. The fraction of sp³-hybridized carbons (Fsp3) is 0.125. The number of hydrogen-bond donors (Lipinski definition) is 2. The Morgan fingerprint density at radius 3 is 2.71 bits per heavy atom. The minimum atomic E-state index is -1.13. The molecule has 10 nitrogen and oxygen atoms in total. The first kappa shape index (κ1) is 18.8. The Morgan fingerprint density at radius 2 is 2.04 bits per heavy atom. The van der Waals surface area contributed by atoms with Gasteiger partial charge in [-0.05, 0) is 17.7 Å². The number of halogens is 2. The molecule has 0 saturated carbocycles. The van der Waals surface area contributed by atoms with Crippen molar-refractivity contribution in [1.29, 1.82) is 0 Å². The molecule has 0 saturated heterocycles. The van der Waals surface area contributed by atoms with Crippen molar-refractivity contribution in [2.24, 2.45) is 0 Å². The summed E-state index contributed by atoms with van der Waals surface area (Å²) in [7, 11) is 0. The van der Waals surface area contributed by atoms with E-state index in [1.807, 2.05) is 0 Å². The van der Waals surface area contributed by atoms with E-state index in [9.17, 15) is 23.7 Å². The Bertz CT molecular complexity index is 1040. The number of amides is 1. The van der Waals surface area contributed by atoms with Gasteiger partial charge in [0.05, 0.1) is 11.9 Å². The number of carbonyl (C=O) groups is 1. The lowest BCUT2D eigenvalue weighted by molar-refractivity contribution is -0.484. The summed E-state index contributed by atoms with van der Waals surface area (Å²) >= 11 is 0. The molecule has 1 aromatic carbocycles. The number of nitrogens with two attached hydrogens (primary N) is 1. The molecule has 0 bridgehead atoms. The Hall–Kier alpha value is -3.96. The topological polar surface area (TPSA) is 142 Å². The molecular weight excluding hydrogens is 376 g/mol. The van der Waals surface area contributed by atoms with Gasteiger partial charge in [-0.25, -0.2) is 18.7 Å². The lowest BCUT2D eigenvalue weighted by Gasteiger charge is -2.14. The van der Waals surface area contributed by atoms with Crippen molar-refractivity contribution in [3.63, 3.8) is 0 Å². The van der Waals surface area contributed by atoms with Crippen molar-refractivity contribution in [1.82, 2.24) is 19.7 Å². The third-order valence-corrected chi connectivity index (χ3v) is 3.77. The van der Waals surface area contributed by atoms with Gasteiger partial charge in [0.1, 0.15) is 6.04 Å². The highest BCUT2D eigenvalue weighted by Crippen LogP contribution is 2.22. The Kier molecular flexibility index (Phi) is 5.20. The maximum Gasteiger partial charge on any atom is 0.278 e. The number of benzene rings is 1. The largest absolute Gasteiger partial charge is 0.382 e. The van der Waals surface area contributed by atoms with Gasteiger partial charge in [-0.1, -0.05) is 6.07 Å². The minimum Gasteiger partial charge on any atom is -0.382 e. The molecule has 0 aliphatic carbocycles. The fourth-order valence-electron chi connectivity index (χ4n) is 2.49. The summed E-state index contributed by atoms with van der Waals surface area (Å²) in [6.45, 7) is -0.628. The van der Waals surface area contributed by atoms with Crippen molar-refractivity contribution in [3.05, 3.63) is 76.0 Å². The third kappa shape index (κ3) is 4.06. The number of nitrogens with one attached hydrogen (secondary N) is 1. The average Bonchev–Trinajstić information content (AvgIpc) is 3.10. The lowest BCUT2D eigenvalue weighted by Crippen LogP contribution is -2.21. The minimum absolute atomic E-state index is 0.0691. The summed E-state index contributed by atoms with van der Waals surface area (Å²) in [6.07, 6.45) is 5.19. The lowest BCUT2D eigenvalue weighted by atomic mass is 10.1. The van der Waals surface area contributed by atoms with Gasteiger partial charge < -0.3 is 11.1 Å². The third-order valence-electron chi connectivity index (χ3n) is 3.77. The Balaban J connectivity index is 1.86. The van der Waals surface area contributed by atoms with Gasteiger partial charge in [-0.15, -0.1) is 0 Å². The number of rotatable bonds is 6. The number of nitro groups is 1. The van der Waals surface area contributed by atoms with Crippen molar-refractivity contribution in [3.8, 4) is 0 Å². The van der Waals surface area contributed by atoms with Crippen LogP contribution >= 0.6 is 0 Å². The molecule has 28 heavy (non-hydrogen) atoms. The summed E-state index contributed by atoms with van der Waals surface area (Å²) in [5, 5.41) is 17.5. The summed E-state index contributed by atoms with van der Waals surface area (Å²) in [5.74, 6) is -2.92. The van der Waals surface area contributed by atoms with Crippen LogP contribution in [0, 0.1) is 21.7 Å². The fourth-order valence-corrected chi connectivity index (χ4v) is 2.49. The van der Waals surface area contributed by atoms with E-state index in [-0.39, 0.29) is 22.8 Å². The van der Waals surface area contributed by atoms with Crippen LogP contribution in [0.2, 0.25) is 0 Å². The van der Waals surface area contributed by atoms with Crippen LogP contribution in [0.5, 0.6) is 0 Å². The van der Waals surface area contributed by atoms with Crippen LogP contribution in [0.1, 0.15) is 22.1 Å². The second kappa shape index (κ2) is 7.73. The van der Waals surface area contributed by atoms with Gasteiger partial charge in [-0.2, -0.15) is 5.10 Å². The zero-order valence-electron chi connectivity index (χ0n) is 14.1. The summed E-state index contributed by atoms with van der Waals surface area (Å²) < 4.78 is 27.9. The number of nitrogen functional groups attached to an aromatic ring is 1. The number of hydrogen-bond acceptors (Lipinski definition) is 7. The molecule has 0 aliphatic heterocycles. The summed E-state index contributed by atoms with van der Waals surface area (Å²) in [5.41, 5.74) is 5.84. The van der Waals surface area contributed by atoms with Gasteiger partial charge in [0.25, 0.3) is 5.91 Å². The van der Waals surface area contributed by atoms with Crippen LogP contribution in [-0.2, 0) is 0 Å². The van der Waals surface area contributed by atoms with Gasteiger partial charge in [0.15, 0.2) is 23.1 Å². The van der Waals surface area contributed by atoms with Crippen LogP contribution < -0.4 is 11.1 Å². The van der Waals surface area contributed by atoms with Crippen molar-refractivity contribution >= 4 is 17.4 Å². The molecule has 1 atom stereocenters. The van der Waals surface area contributed by atoms with Crippen molar-refractivity contribution in [2.45, 2.75) is 6.04 Å². The first-order valence-corrected chi connectivity index (χ1v) is 7.84. The van der Waals surface area contributed by atoms with E-state index >= 15 is 0 Å². The zero-order chi connectivity index (χ0) is 20.3. The number of anilines is 2. The molecule has 12 heteroatoms. The number of carbonyl (C=O) groups excluding carboxylic acids is 1. The van der Waals surface area contributed by atoms with E-state index in [4.69, 9.17) is 5.73 Å². The van der Waals surface area contributed by atoms with Crippen LogP contribution in [-0.4, -0.2) is 37.1 Å². The first-order chi connectivity index (χ1) is 13.3. The number of aromatic nitrogens is 4. The first-order valence-electron chi connectivity index (χ1n) is 7.84. The summed E-state index contributed by atoms with van der Waals surface area (Å²) in [4.78, 5) is 30.2. The predicted molar refractivity (Wildman–Crippen MR) is 93.0 cm³/mol. The van der Waals surface area contributed by atoms with E-state index in [0.717, 1.165) is 12.1 Å². The Morgan fingerprint density at radius 1 is 1.29 bits per heavy atom. The molecule has 3 N–H and O–H groups in total. The van der Waals surface area contributed by atoms with Crippen LogP contribution in [0.15, 0.2) is 43.0 Å². The van der Waals surface area contributed by atoms with Crippen LogP contribution in [0.3, 0.4) is 0 Å². The second-order valence-electron chi connectivity index (χ2n) is 5.66. The highest BCUT2D eigenvalue weighted by atomic mass is 19.2. The molecule has 144 valence electrons. The molecule has 0 fully saturated rings. The van der Waals surface area contributed by atoms with E-state index in [1.54, 1.807) is 0 Å². The molecular formula is C16H13F2N7O3. The molecule has 2 heterocycles. The van der Waals surface area contributed by atoms with Crippen molar-refractivity contribution in [2.75, 3.05) is 17.6 Å². The van der Waals surface area contributed by atoms with Crippen LogP contribution in [0.4, 0.5) is 20.3 Å². The number of nitrogens with zero attached hydrogens (tertiary/aromatic N) is 5. The van der Waals surface area contributed by atoms with E-state index in [2.05, 4.69) is 20.4 Å². The van der Waals surface area contributed by atoms with Gasteiger partial charge >= 0.3 is 0 Å². The molecule has 0 spiro atoms. The van der Waals surface area contributed by atoms with Crippen LogP contribution in [0.25, 0.3) is 0 Å². The van der Waals surface area contributed by atoms with Crippen molar-refractivity contribution < 1.29 is 18.5 Å². The second-order valence-corrected chi connectivity index (χ2v) is 5.66. The maximum atomic E-state index is 13.5. The van der Waals surface area contributed by atoms with E-state index in [1.165, 1.54) is 35.5 Å². The van der Waals surface area contributed by atoms with Gasteiger partial charge in [0, 0.05) is 23.5 Å². The van der Waals surface area contributed by atoms with Gasteiger partial charge in [0.2, 0.25) is 6.54 Å². The summed E-state index contributed by atoms with van der Waals surface area (Å²) in [6, 6.07) is 1.95. The highest BCUT2D eigenvalue weighted by Gasteiger charge is 2.23. The molecule has 1 unspecified atom stereocenters. The predicted octanol–water partition coefficient (Wildman–Crippen LogP) is 1.65. The standard InChI is InChI=1S/C16H13F2N7O3/c17-11-2-1-9(5-12(11)18)13(8-25(27)28)24-7-10(6-22-24)23-16(26)14-15(19)21-4-3-20-14/h1-7,13H,8H2,(H2,19,21)(H,23,26). The normalized spacial score (nSPS) is 11.8. The Labute approximate surface area is 156 Å². The quantitative estimate of drug-likeness (QED) is 0.482. The monoisotopic (exact) mass is 389 g/mol. The van der Waals surface area contributed by atoms with E-state index in [0.29, 0.717) is 0 Å². The van der Waals surface area contributed by atoms with E-state index < -0.39 is 35.1 Å². The molecule has 2 aromatic heterocycles.